The maximum Gasteiger partial charge on any atom is 0.276 e. The number of amides is 8. The molecular formula is C80H96N8O12. The lowest BCUT2D eigenvalue weighted by Gasteiger charge is -2.35. The van der Waals surface area contributed by atoms with E-state index in [9.17, 15) is 38.4 Å². The number of benzene rings is 4. The van der Waals surface area contributed by atoms with Crippen LogP contribution in [0.1, 0.15) is 160 Å². The maximum atomic E-state index is 13.7. The molecule has 8 saturated carbocycles. The highest BCUT2D eigenvalue weighted by atomic mass is 16.6. The Kier molecular flexibility index (Phi) is 13.9. The molecule has 8 aliphatic carbocycles. The molecule has 8 bridgehead atoms. The number of hydrazine groups is 4. The quantitative estimate of drug-likeness (QED) is 0.151. The molecule has 0 aromatic heterocycles. The Balaban J connectivity index is 0.0000000997. The SMILES string of the molecule is CC1(C)[C@@H]2CC[C@]13C(=O)N(c1ccccc1)N(C(=O)[C@@]1(C)CO1)[C@@H]3C2.CC1(C)[C@@H]2CC[C@]13C(=O)N(c1ccccc1)N(C(=O)[C@@]1(C)CO1)[C@@H]3C2.CC1(C)[C@@H]2CC[C@]13C(=O)N(c1ccccc1)N(C(=O)[C@@]1(C)CO1)[C@@H]3C2.CC1(C)[C@@H]2CC[C@]13C(=O)N(c1ccccc1)N(C(=O)[C@]1(C)CO1)[C@@H]3C2. The molecule has 16 fully saturated rings. The van der Waals surface area contributed by atoms with E-state index >= 15 is 0 Å². The van der Waals surface area contributed by atoms with Crippen molar-refractivity contribution in [2.24, 2.45) is 67.0 Å². The summed E-state index contributed by atoms with van der Waals surface area (Å²) < 4.78 is 21.8. The number of carbonyl (C=O) groups excluding carboxylic acids is 8. The second-order valence-corrected chi connectivity index (χ2v) is 35.2. The van der Waals surface area contributed by atoms with Gasteiger partial charge in [0.25, 0.3) is 47.3 Å². The minimum absolute atomic E-state index is 0.0533. The molecule has 0 radical (unpaired) electrons. The molecule has 8 amide bonds. The van der Waals surface area contributed by atoms with Crippen LogP contribution < -0.4 is 20.0 Å². The predicted molar refractivity (Wildman–Crippen MR) is 370 cm³/mol. The summed E-state index contributed by atoms with van der Waals surface area (Å²) in [6.07, 6.45) is 11.4. The topological polar surface area (TPSA) is 213 Å². The fourth-order valence-corrected chi connectivity index (χ4v) is 22.8. The third-order valence-corrected chi connectivity index (χ3v) is 29.8. The zero-order chi connectivity index (χ0) is 70.5. The minimum atomic E-state index is -0.773. The van der Waals surface area contributed by atoms with Gasteiger partial charge in [0.05, 0.1) is 95.0 Å². The molecule has 20 nitrogen and oxygen atoms in total. The second-order valence-electron chi connectivity index (χ2n) is 35.2. The van der Waals surface area contributed by atoms with Crippen LogP contribution in [0.3, 0.4) is 0 Å². The largest absolute Gasteiger partial charge is 0.359 e. The molecule has 16 aliphatic rings. The van der Waals surface area contributed by atoms with Gasteiger partial charge in [-0.1, -0.05) is 128 Å². The molecule has 20 rings (SSSR count). The monoisotopic (exact) mass is 1360 g/mol. The highest BCUT2D eigenvalue weighted by Crippen LogP contribution is 2.74. The number of fused-ring (bicyclic) bond motifs is 4. The molecule has 20 heteroatoms. The lowest BCUT2D eigenvalue weighted by Crippen LogP contribution is -2.52. The molecule has 4 aromatic rings. The molecule has 0 N–H and O–H groups in total. The zero-order valence-electron chi connectivity index (χ0n) is 60.0. The summed E-state index contributed by atoms with van der Waals surface area (Å²) in [6.45, 7) is 26.8. The molecule has 8 heterocycles. The number of nitrogens with zero attached hydrogens (tertiary/aromatic N) is 8. The van der Waals surface area contributed by atoms with Crippen molar-refractivity contribution in [2.75, 3.05) is 46.5 Å². The van der Waals surface area contributed by atoms with Crippen LogP contribution in [0.2, 0.25) is 0 Å². The smallest absolute Gasteiger partial charge is 0.276 e. The molecule has 4 spiro atoms. The summed E-state index contributed by atoms with van der Waals surface area (Å²) >= 11 is 0. The standard InChI is InChI=1S/4C20H24N2O3/c4*1-18(2)13-9-10-20(18)15(11-13)22(16(23)19(3)12-25-19)21(17(20)24)14-7-5-4-6-8-14/h4*4-8,13,15H,9-12H2,1-3H3/t13-,15-,19+,20+;3*13-,15-,19-,20+/m1111/s1. The molecule has 8 saturated heterocycles. The van der Waals surface area contributed by atoms with Gasteiger partial charge in [-0.05, 0) is 199 Å². The van der Waals surface area contributed by atoms with Crippen LogP contribution in [0.25, 0.3) is 0 Å². The van der Waals surface area contributed by atoms with Crippen molar-refractivity contribution in [1.29, 1.82) is 0 Å². The van der Waals surface area contributed by atoms with Gasteiger partial charge in [0.2, 0.25) is 0 Å². The molecule has 0 unspecified atom stereocenters. The van der Waals surface area contributed by atoms with Gasteiger partial charge in [0, 0.05) is 0 Å². The first kappa shape index (κ1) is 65.8. The first-order valence-corrected chi connectivity index (χ1v) is 36.8. The van der Waals surface area contributed by atoms with E-state index in [1.54, 1.807) is 40.1 Å². The third kappa shape index (κ3) is 8.24. The Labute approximate surface area is 586 Å². The first-order chi connectivity index (χ1) is 47.3. The Hall–Kier alpha value is -7.52. The number of para-hydroxylation sites is 4. The summed E-state index contributed by atoms with van der Waals surface area (Å²) in [6, 6.07) is 38.1. The van der Waals surface area contributed by atoms with Gasteiger partial charge < -0.3 is 18.9 Å². The van der Waals surface area contributed by atoms with Crippen molar-refractivity contribution in [3.8, 4) is 0 Å². The third-order valence-electron chi connectivity index (χ3n) is 29.8. The number of rotatable bonds is 8. The second kappa shape index (κ2) is 21.1. The van der Waals surface area contributed by atoms with Crippen LogP contribution in [0.4, 0.5) is 22.7 Å². The van der Waals surface area contributed by atoms with E-state index in [4.69, 9.17) is 18.9 Å². The number of anilines is 4. The van der Waals surface area contributed by atoms with Gasteiger partial charge in [0.1, 0.15) is 0 Å². The fraction of sp³-hybridized carbons (Fsp3) is 0.600. The van der Waals surface area contributed by atoms with Gasteiger partial charge in [-0.2, -0.15) is 0 Å². The Morgan fingerprint density at radius 3 is 0.620 bits per heavy atom. The first-order valence-electron chi connectivity index (χ1n) is 36.8. The van der Waals surface area contributed by atoms with Crippen LogP contribution in [-0.4, -0.2) is 140 Å². The van der Waals surface area contributed by atoms with Gasteiger partial charge in [0.15, 0.2) is 22.4 Å². The highest BCUT2D eigenvalue weighted by molar-refractivity contribution is 6.10. The number of hydrogen-bond donors (Lipinski definition) is 0. The summed E-state index contributed by atoms with van der Waals surface area (Å²) in [5, 5.41) is 13.6. The van der Waals surface area contributed by atoms with E-state index in [1.807, 2.05) is 149 Å². The normalized spacial score (nSPS) is 40.5. The maximum absolute atomic E-state index is 13.7. The average molecular weight is 1360 g/mol. The lowest BCUT2D eigenvalue weighted by atomic mass is 9.67. The number of carbonyl (C=O) groups is 8. The van der Waals surface area contributed by atoms with Gasteiger partial charge >= 0.3 is 0 Å². The van der Waals surface area contributed by atoms with Gasteiger partial charge in [-0.25, -0.2) is 40.1 Å². The van der Waals surface area contributed by atoms with Crippen molar-refractivity contribution < 1.29 is 57.3 Å². The average Bonchev–Trinajstić information content (AvgIpc) is 1.52. The Morgan fingerprint density at radius 2 is 0.470 bits per heavy atom. The van der Waals surface area contributed by atoms with Crippen LogP contribution in [0, 0.1) is 67.0 Å². The molecule has 8 aliphatic heterocycles. The van der Waals surface area contributed by atoms with Crippen LogP contribution in [-0.2, 0) is 57.3 Å². The number of hydrogen-bond acceptors (Lipinski definition) is 12. The fourth-order valence-electron chi connectivity index (χ4n) is 22.8. The van der Waals surface area contributed by atoms with Crippen molar-refractivity contribution in [3.63, 3.8) is 0 Å². The molecular weight excluding hydrogens is 1260 g/mol. The zero-order valence-corrected chi connectivity index (χ0v) is 60.0. The van der Waals surface area contributed by atoms with Gasteiger partial charge in [-0.15, -0.1) is 0 Å². The molecule has 4 aromatic carbocycles. The van der Waals surface area contributed by atoms with E-state index in [-0.39, 0.29) is 93.1 Å². The summed E-state index contributed by atoms with van der Waals surface area (Å²) in [5.74, 6) is 2.07. The van der Waals surface area contributed by atoms with Crippen LogP contribution in [0.15, 0.2) is 121 Å². The van der Waals surface area contributed by atoms with E-state index in [2.05, 4.69) is 55.4 Å². The van der Waals surface area contributed by atoms with Crippen molar-refractivity contribution >= 4 is 70.0 Å². The molecule has 16 atom stereocenters. The highest BCUT2D eigenvalue weighted by Gasteiger charge is 2.81. The van der Waals surface area contributed by atoms with E-state index < -0.39 is 44.1 Å². The molecule has 528 valence electrons. The number of ether oxygens (including phenoxy) is 4. The summed E-state index contributed by atoms with van der Waals surface area (Å²) in [7, 11) is 0. The Morgan fingerprint density at radius 1 is 0.300 bits per heavy atom. The molecule has 100 heavy (non-hydrogen) atoms. The van der Waals surface area contributed by atoms with Gasteiger partial charge in [-0.3, -0.25) is 38.4 Å². The summed E-state index contributed by atoms with van der Waals surface area (Å²) in [5.41, 5.74) is -2.19. The lowest BCUT2D eigenvalue weighted by molar-refractivity contribution is -0.139. The minimum Gasteiger partial charge on any atom is -0.359 e. The van der Waals surface area contributed by atoms with E-state index in [0.29, 0.717) is 50.1 Å². The number of epoxide rings is 4. The Bertz CT molecular complexity index is 3610. The predicted octanol–water partition coefficient (Wildman–Crippen LogP) is 11.0. The van der Waals surface area contributed by atoms with Crippen molar-refractivity contribution in [3.05, 3.63) is 121 Å². The summed E-state index contributed by atoms with van der Waals surface area (Å²) in [4.78, 5) is 108. The van der Waals surface area contributed by atoms with Crippen molar-refractivity contribution in [1.82, 2.24) is 20.0 Å². The van der Waals surface area contributed by atoms with Crippen LogP contribution in [0.5, 0.6) is 0 Å². The van der Waals surface area contributed by atoms with Crippen LogP contribution >= 0.6 is 0 Å². The van der Waals surface area contributed by atoms with E-state index in [1.165, 1.54) is 0 Å². The van der Waals surface area contributed by atoms with E-state index in [0.717, 1.165) is 99.8 Å². The van der Waals surface area contributed by atoms with Crippen molar-refractivity contribution in [2.45, 2.75) is 207 Å².